The summed E-state index contributed by atoms with van der Waals surface area (Å²) in [7, 11) is 0. The highest BCUT2D eigenvalue weighted by Crippen LogP contribution is 2.44. The first-order valence-electron chi connectivity index (χ1n) is 10.3. The number of carbonyl (C=O) groups excluding carboxylic acids is 1. The second kappa shape index (κ2) is 9.76. The summed E-state index contributed by atoms with van der Waals surface area (Å²) in [4.78, 5) is 12.3. The molecule has 2 aliphatic rings. The van der Waals surface area contributed by atoms with Gasteiger partial charge in [-0.1, -0.05) is 55.1 Å². The molecule has 30 heavy (non-hydrogen) atoms. The van der Waals surface area contributed by atoms with Crippen molar-refractivity contribution in [3.63, 3.8) is 0 Å². The van der Waals surface area contributed by atoms with Crippen LogP contribution >= 0.6 is 23.5 Å². The molecule has 2 nitrogen and oxygen atoms in total. The predicted molar refractivity (Wildman–Crippen MR) is 130 cm³/mol. The van der Waals surface area contributed by atoms with Crippen molar-refractivity contribution < 1.29 is 9.53 Å². The number of thioether (sulfide) groups is 2. The largest absolute Gasteiger partial charge is 0.459 e. The van der Waals surface area contributed by atoms with Crippen molar-refractivity contribution in [1.82, 2.24) is 0 Å². The zero-order valence-corrected chi connectivity index (χ0v) is 18.8. The van der Waals surface area contributed by atoms with E-state index in [1.807, 2.05) is 23.5 Å². The molecule has 0 saturated heterocycles. The Morgan fingerprint density at radius 1 is 0.967 bits per heavy atom. The topological polar surface area (TPSA) is 26.3 Å². The smallest absolute Gasteiger partial charge is 0.333 e. The molecule has 0 aliphatic carbocycles. The average Bonchev–Trinajstić information content (AvgIpc) is 2.77. The highest BCUT2D eigenvalue weighted by molar-refractivity contribution is 8.02. The summed E-state index contributed by atoms with van der Waals surface area (Å²) in [5, 5.41) is 5.02. The Bertz CT molecular complexity index is 992. The quantitative estimate of drug-likeness (QED) is 0.332. The third-order valence-corrected chi connectivity index (χ3v) is 7.70. The molecule has 2 aliphatic heterocycles. The molecule has 3 atom stereocenters. The standard InChI is InChI=1S/C26H26O2S2/c1-18(2)26(27)28-21(17-25-23-10-6-4-8-20(23)14-16-30-25)11-12-24-22-9-5-3-7-19(22)13-15-29-24/h3-10,13-16,21,24-25H,1,11-12,17H2,2H3. The number of hydrogen-bond donors (Lipinski definition) is 0. The molecule has 4 rings (SSSR count). The second-order valence-electron chi connectivity index (χ2n) is 7.73. The fourth-order valence-corrected chi connectivity index (χ4v) is 6.08. The van der Waals surface area contributed by atoms with Crippen molar-refractivity contribution in [2.45, 2.75) is 42.8 Å². The van der Waals surface area contributed by atoms with Gasteiger partial charge in [-0.3, -0.25) is 0 Å². The minimum Gasteiger partial charge on any atom is -0.459 e. The average molecular weight is 435 g/mol. The number of rotatable bonds is 7. The summed E-state index contributed by atoms with van der Waals surface area (Å²) in [6, 6.07) is 17.1. The van der Waals surface area contributed by atoms with Gasteiger partial charge in [0.05, 0.1) is 0 Å². The van der Waals surface area contributed by atoms with E-state index in [1.54, 1.807) is 6.92 Å². The molecule has 0 amide bonds. The molecule has 2 aromatic carbocycles. The van der Waals surface area contributed by atoms with E-state index in [0.29, 0.717) is 16.1 Å². The van der Waals surface area contributed by atoms with Crippen LogP contribution in [0, 0.1) is 0 Å². The van der Waals surface area contributed by atoms with Crippen LogP contribution in [0.4, 0.5) is 0 Å². The fraction of sp³-hybridized carbons (Fsp3) is 0.269. The first kappa shape index (κ1) is 21.1. The van der Waals surface area contributed by atoms with E-state index < -0.39 is 0 Å². The van der Waals surface area contributed by atoms with E-state index in [4.69, 9.17) is 4.74 Å². The van der Waals surface area contributed by atoms with Gasteiger partial charge in [-0.05, 0) is 65.0 Å². The lowest BCUT2D eigenvalue weighted by molar-refractivity contribution is -0.144. The molecule has 0 aromatic heterocycles. The van der Waals surface area contributed by atoms with Crippen molar-refractivity contribution in [3.05, 3.63) is 93.8 Å². The summed E-state index contributed by atoms with van der Waals surface area (Å²) < 4.78 is 5.91. The number of hydrogen-bond acceptors (Lipinski definition) is 4. The maximum atomic E-state index is 12.3. The molecule has 2 heterocycles. The summed E-state index contributed by atoms with van der Waals surface area (Å²) in [6.07, 6.45) is 6.81. The molecule has 4 heteroatoms. The van der Waals surface area contributed by atoms with Crippen LogP contribution < -0.4 is 0 Å². The minimum atomic E-state index is -0.291. The third-order valence-electron chi connectivity index (χ3n) is 5.52. The molecular weight excluding hydrogens is 408 g/mol. The maximum Gasteiger partial charge on any atom is 0.333 e. The zero-order chi connectivity index (χ0) is 20.9. The van der Waals surface area contributed by atoms with Crippen LogP contribution in [-0.2, 0) is 9.53 Å². The van der Waals surface area contributed by atoms with Crippen molar-refractivity contribution >= 4 is 41.6 Å². The van der Waals surface area contributed by atoms with Crippen LogP contribution in [0.3, 0.4) is 0 Å². The molecule has 154 valence electrons. The summed E-state index contributed by atoms with van der Waals surface area (Å²) >= 11 is 3.66. The Kier molecular flexibility index (Phi) is 6.86. The van der Waals surface area contributed by atoms with Crippen molar-refractivity contribution in [3.8, 4) is 0 Å². The minimum absolute atomic E-state index is 0.134. The zero-order valence-electron chi connectivity index (χ0n) is 17.1. The van der Waals surface area contributed by atoms with Gasteiger partial charge in [-0.2, -0.15) is 0 Å². The highest BCUT2D eigenvalue weighted by atomic mass is 32.2. The Morgan fingerprint density at radius 3 is 2.17 bits per heavy atom. The van der Waals surface area contributed by atoms with Crippen molar-refractivity contribution in [1.29, 1.82) is 0 Å². The van der Waals surface area contributed by atoms with E-state index in [9.17, 15) is 4.79 Å². The van der Waals surface area contributed by atoms with Gasteiger partial charge in [0.1, 0.15) is 6.10 Å². The van der Waals surface area contributed by atoms with E-state index in [-0.39, 0.29) is 12.1 Å². The van der Waals surface area contributed by atoms with Crippen molar-refractivity contribution in [2.75, 3.05) is 0 Å². The molecule has 0 saturated carbocycles. The number of fused-ring (bicyclic) bond motifs is 2. The van der Waals surface area contributed by atoms with Crippen LogP contribution in [-0.4, -0.2) is 12.1 Å². The Balaban J connectivity index is 1.48. The first-order chi connectivity index (χ1) is 14.6. The molecule has 0 radical (unpaired) electrons. The molecule has 0 bridgehead atoms. The molecule has 0 N–H and O–H groups in total. The van der Waals surface area contributed by atoms with Gasteiger partial charge in [0.15, 0.2) is 0 Å². The van der Waals surface area contributed by atoms with Gasteiger partial charge in [-0.25, -0.2) is 4.79 Å². The van der Waals surface area contributed by atoms with Gasteiger partial charge < -0.3 is 4.74 Å². The normalized spacial score (nSPS) is 20.2. The van der Waals surface area contributed by atoms with Gasteiger partial charge in [-0.15, -0.1) is 23.5 Å². The van der Waals surface area contributed by atoms with Gasteiger partial charge in [0, 0.05) is 22.5 Å². The monoisotopic (exact) mass is 434 g/mol. The van der Waals surface area contributed by atoms with Crippen LogP contribution in [0.5, 0.6) is 0 Å². The van der Waals surface area contributed by atoms with Crippen LogP contribution in [0.15, 0.2) is 71.5 Å². The molecule has 2 aromatic rings. The van der Waals surface area contributed by atoms with Crippen molar-refractivity contribution in [2.24, 2.45) is 0 Å². The Hall–Kier alpha value is -2.17. The van der Waals surface area contributed by atoms with E-state index >= 15 is 0 Å². The fourth-order valence-electron chi connectivity index (χ4n) is 3.93. The molecule has 0 spiro atoms. The van der Waals surface area contributed by atoms with E-state index in [2.05, 4.69) is 78.1 Å². The Labute approximate surface area is 187 Å². The number of carbonyl (C=O) groups is 1. The van der Waals surface area contributed by atoms with Gasteiger partial charge >= 0.3 is 5.97 Å². The third kappa shape index (κ3) is 4.93. The lowest BCUT2D eigenvalue weighted by Crippen LogP contribution is -2.22. The van der Waals surface area contributed by atoms with Gasteiger partial charge in [0.2, 0.25) is 0 Å². The second-order valence-corrected chi connectivity index (χ2v) is 9.96. The number of esters is 1. The first-order valence-corrected chi connectivity index (χ1v) is 12.2. The van der Waals surface area contributed by atoms with E-state index in [1.165, 1.54) is 22.3 Å². The van der Waals surface area contributed by atoms with Crippen LogP contribution in [0.2, 0.25) is 0 Å². The summed E-state index contributed by atoms with van der Waals surface area (Å²) in [5.74, 6) is -0.291. The molecule has 3 unspecified atom stereocenters. The highest BCUT2D eigenvalue weighted by Gasteiger charge is 2.26. The lowest BCUT2D eigenvalue weighted by atomic mass is 9.96. The Morgan fingerprint density at radius 2 is 1.53 bits per heavy atom. The van der Waals surface area contributed by atoms with Crippen LogP contribution in [0.1, 0.15) is 58.9 Å². The van der Waals surface area contributed by atoms with Gasteiger partial charge in [0.25, 0.3) is 0 Å². The van der Waals surface area contributed by atoms with Crippen LogP contribution in [0.25, 0.3) is 12.2 Å². The molecule has 0 fully saturated rings. The molecular formula is C26H26O2S2. The maximum absolute atomic E-state index is 12.3. The summed E-state index contributed by atoms with van der Waals surface area (Å²) in [6.45, 7) is 5.48. The number of benzene rings is 2. The van der Waals surface area contributed by atoms with E-state index in [0.717, 1.165) is 19.3 Å². The lowest BCUT2D eigenvalue weighted by Gasteiger charge is -2.28. The summed E-state index contributed by atoms with van der Waals surface area (Å²) in [5.41, 5.74) is 5.70. The predicted octanol–water partition coefficient (Wildman–Crippen LogP) is 7.56. The number of ether oxygens (including phenoxy) is 1. The SMILES string of the molecule is C=C(C)C(=O)OC(CCC1SC=Cc2ccccc21)CC1SC=Cc2ccccc21.